The Kier molecular flexibility index (Phi) is 8.18. The number of pyridine rings is 1. The molecule has 2 aromatic heterocycles. The molecular formula is C24H31N3O3. The first-order valence-corrected chi connectivity index (χ1v) is 10.1. The third kappa shape index (κ3) is 5.07. The van der Waals surface area contributed by atoms with Crippen molar-refractivity contribution in [2.24, 2.45) is 0 Å². The van der Waals surface area contributed by atoms with Crippen LogP contribution in [0.1, 0.15) is 60.6 Å². The summed E-state index contributed by atoms with van der Waals surface area (Å²) in [5.41, 5.74) is 4.34. The third-order valence-corrected chi connectivity index (χ3v) is 4.77. The average molecular weight is 410 g/mol. The highest BCUT2D eigenvalue weighted by Gasteiger charge is 2.23. The number of hydrogen-bond acceptors (Lipinski definition) is 6. The second-order valence-corrected chi connectivity index (χ2v) is 6.70. The number of ether oxygens (including phenoxy) is 1. The van der Waals surface area contributed by atoms with Crippen LogP contribution < -0.4 is 10.1 Å². The first kappa shape index (κ1) is 23.2. The van der Waals surface area contributed by atoms with Crippen molar-refractivity contribution in [3.63, 3.8) is 0 Å². The molecule has 0 saturated carbocycles. The van der Waals surface area contributed by atoms with E-state index in [1.54, 1.807) is 26.2 Å². The summed E-state index contributed by atoms with van der Waals surface area (Å²) in [7, 11) is 1.64. The molecule has 3 rings (SSSR count). The van der Waals surface area contributed by atoms with Crippen LogP contribution in [0.3, 0.4) is 0 Å². The van der Waals surface area contributed by atoms with Crippen LogP contribution in [0, 0.1) is 19.3 Å². The van der Waals surface area contributed by atoms with Gasteiger partial charge in [-0.2, -0.15) is 0 Å². The van der Waals surface area contributed by atoms with Gasteiger partial charge in [-0.15, -0.1) is 0 Å². The number of hydrogen-bond donors (Lipinski definition) is 3. The van der Waals surface area contributed by atoms with Gasteiger partial charge in [-0.3, -0.25) is 0 Å². The molecule has 3 aromatic rings. The van der Waals surface area contributed by atoms with E-state index in [9.17, 15) is 5.11 Å². The maximum Gasteiger partial charge on any atom is 0.139 e. The molecule has 0 fully saturated rings. The smallest absolute Gasteiger partial charge is 0.139 e. The maximum atomic E-state index is 10.8. The summed E-state index contributed by atoms with van der Waals surface area (Å²) >= 11 is 0. The number of nitrogens with one attached hydrogen (secondary N) is 2. The number of aliphatic hydroxyl groups excluding tert-OH is 1. The molecule has 160 valence electrons. The second kappa shape index (κ2) is 10.6. The number of anilines is 1. The summed E-state index contributed by atoms with van der Waals surface area (Å²) in [6.45, 7) is 10.1. The van der Waals surface area contributed by atoms with Crippen LogP contribution in [0.15, 0.2) is 47.1 Å². The van der Waals surface area contributed by atoms with Crippen LogP contribution in [0.25, 0.3) is 0 Å². The van der Waals surface area contributed by atoms with Crippen LogP contribution in [0.5, 0.6) is 5.75 Å². The Morgan fingerprint density at radius 2 is 1.87 bits per heavy atom. The first-order chi connectivity index (χ1) is 14.4. The van der Waals surface area contributed by atoms with Crippen molar-refractivity contribution in [2.45, 2.75) is 47.3 Å². The highest BCUT2D eigenvalue weighted by molar-refractivity contribution is 6.02. The van der Waals surface area contributed by atoms with E-state index in [4.69, 9.17) is 14.6 Å². The fourth-order valence-electron chi connectivity index (χ4n) is 3.38. The van der Waals surface area contributed by atoms with E-state index in [-0.39, 0.29) is 0 Å². The molecule has 30 heavy (non-hydrogen) atoms. The Bertz CT molecular complexity index is 964. The van der Waals surface area contributed by atoms with E-state index in [0.717, 1.165) is 16.9 Å². The van der Waals surface area contributed by atoms with Crippen molar-refractivity contribution in [3.05, 3.63) is 76.4 Å². The zero-order valence-electron chi connectivity index (χ0n) is 18.5. The van der Waals surface area contributed by atoms with Crippen molar-refractivity contribution in [3.8, 4) is 5.75 Å². The number of benzene rings is 1. The van der Waals surface area contributed by atoms with Crippen molar-refractivity contribution in [1.29, 1.82) is 5.41 Å². The summed E-state index contributed by atoms with van der Waals surface area (Å²) in [6, 6.07) is 11.3. The third-order valence-electron chi connectivity index (χ3n) is 4.77. The number of aryl methyl sites for hydroxylation is 1. The van der Waals surface area contributed by atoms with Gasteiger partial charge in [0.2, 0.25) is 0 Å². The molecule has 0 radical (unpaired) electrons. The minimum absolute atomic E-state index is 0.384. The minimum atomic E-state index is -0.920. The lowest BCUT2D eigenvalue weighted by Gasteiger charge is -2.21. The molecule has 0 aliphatic rings. The van der Waals surface area contributed by atoms with E-state index in [1.165, 1.54) is 6.26 Å². The topological polar surface area (TPSA) is 91.4 Å². The van der Waals surface area contributed by atoms with Gasteiger partial charge in [0.15, 0.2) is 0 Å². The van der Waals surface area contributed by atoms with E-state index in [1.807, 2.05) is 52.0 Å². The molecular weight excluding hydrogens is 378 g/mol. The molecule has 6 nitrogen and oxygen atoms in total. The van der Waals surface area contributed by atoms with Gasteiger partial charge in [0.1, 0.15) is 23.4 Å². The molecule has 1 aromatic carbocycles. The molecule has 6 heteroatoms. The number of aliphatic hydroxyl groups is 1. The summed E-state index contributed by atoms with van der Waals surface area (Å²) in [5, 5.41) is 22.3. The Balaban J connectivity index is 0.00000155. The normalized spacial score (nSPS) is 11.3. The quantitative estimate of drug-likeness (QED) is 0.454. The molecule has 0 aliphatic carbocycles. The lowest BCUT2D eigenvalue weighted by atomic mass is 9.94. The summed E-state index contributed by atoms with van der Waals surface area (Å²) < 4.78 is 10.5. The van der Waals surface area contributed by atoms with Crippen molar-refractivity contribution < 1.29 is 14.3 Å². The molecule has 1 atom stereocenters. The number of furan rings is 1. The van der Waals surface area contributed by atoms with E-state index < -0.39 is 6.10 Å². The van der Waals surface area contributed by atoms with Crippen molar-refractivity contribution >= 4 is 11.5 Å². The van der Waals surface area contributed by atoms with Crippen LogP contribution in [-0.2, 0) is 6.54 Å². The zero-order valence-corrected chi connectivity index (χ0v) is 18.5. The van der Waals surface area contributed by atoms with Crippen LogP contribution in [0.4, 0.5) is 5.82 Å². The van der Waals surface area contributed by atoms with Crippen LogP contribution in [0.2, 0.25) is 0 Å². The molecule has 2 heterocycles. The van der Waals surface area contributed by atoms with E-state index in [0.29, 0.717) is 40.7 Å². The molecule has 0 aliphatic heterocycles. The Morgan fingerprint density at radius 1 is 1.20 bits per heavy atom. The molecule has 3 N–H and O–H groups in total. The standard InChI is InChI=1S/C22H25N3O3.C2H6/c1-13-19(14(2)23)22(24-12-16-7-9-17(27-4)10-8-16)25-15(3)20(13)21(26)18-6-5-11-28-18;1-2/h5-11,21,23,26H,12H2,1-4H3,(H,24,25);1-2H3. The minimum Gasteiger partial charge on any atom is -0.497 e. The lowest BCUT2D eigenvalue weighted by molar-refractivity contribution is 0.187. The Hall–Kier alpha value is -3.12. The molecule has 0 bridgehead atoms. The van der Waals surface area contributed by atoms with Gasteiger partial charge in [-0.25, -0.2) is 4.98 Å². The fourth-order valence-corrected chi connectivity index (χ4v) is 3.38. The Labute approximate surface area is 178 Å². The van der Waals surface area contributed by atoms with Gasteiger partial charge in [0.05, 0.1) is 13.4 Å². The van der Waals surface area contributed by atoms with Gasteiger partial charge < -0.3 is 25.0 Å². The van der Waals surface area contributed by atoms with Crippen LogP contribution in [-0.4, -0.2) is 22.9 Å². The predicted octanol–water partition coefficient (Wildman–Crippen LogP) is 5.41. The van der Waals surface area contributed by atoms with Gasteiger partial charge >= 0.3 is 0 Å². The van der Waals surface area contributed by atoms with Crippen molar-refractivity contribution in [1.82, 2.24) is 4.98 Å². The van der Waals surface area contributed by atoms with Crippen LogP contribution >= 0.6 is 0 Å². The zero-order chi connectivity index (χ0) is 22.3. The average Bonchev–Trinajstić information content (AvgIpc) is 3.28. The number of rotatable bonds is 7. The second-order valence-electron chi connectivity index (χ2n) is 6.70. The highest BCUT2D eigenvalue weighted by Crippen LogP contribution is 2.32. The van der Waals surface area contributed by atoms with E-state index >= 15 is 0 Å². The highest BCUT2D eigenvalue weighted by atomic mass is 16.5. The fraction of sp³-hybridized carbons (Fsp3) is 0.333. The van der Waals surface area contributed by atoms with Gasteiger partial charge in [-0.1, -0.05) is 26.0 Å². The molecule has 0 spiro atoms. The summed E-state index contributed by atoms with van der Waals surface area (Å²) in [6.07, 6.45) is 0.612. The van der Waals surface area contributed by atoms with Gasteiger partial charge in [0, 0.05) is 29.1 Å². The first-order valence-electron chi connectivity index (χ1n) is 10.1. The van der Waals surface area contributed by atoms with E-state index in [2.05, 4.69) is 10.3 Å². The predicted molar refractivity (Wildman–Crippen MR) is 121 cm³/mol. The monoisotopic (exact) mass is 409 g/mol. The number of aromatic nitrogens is 1. The number of methoxy groups -OCH3 is 1. The maximum absolute atomic E-state index is 10.8. The SMILES string of the molecule is CC.COc1ccc(CNc2nc(C)c(C(O)c3ccco3)c(C)c2C(C)=N)cc1. The molecule has 1 unspecified atom stereocenters. The lowest BCUT2D eigenvalue weighted by Crippen LogP contribution is -2.15. The molecule has 0 saturated heterocycles. The summed E-state index contributed by atoms with van der Waals surface area (Å²) in [4.78, 5) is 4.66. The van der Waals surface area contributed by atoms with Gasteiger partial charge in [-0.05, 0) is 56.2 Å². The number of nitrogens with zero attached hydrogens (tertiary/aromatic N) is 1. The largest absolute Gasteiger partial charge is 0.497 e. The Morgan fingerprint density at radius 3 is 2.40 bits per heavy atom. The molecule has 0 amide bonds. The van der Waals surface area contributed by atoms with Gasteiger partial charge in [0.25, 0.3) is 0 Å². The van der Waals surface area contributed by atoms with Crippen molar-refractivity contribution in [2.75, 3.05) is 12.4 Å². The summed E-state index contributed by atoms with van der Waals surface area (Å²) in [5.74, 6) is 1.90.